The predicted octanol–water partition coefficient (Wildman–Crippen LogP) is 2.36. The first kappa shape index (κ1) is 15.1. The van der Waals surface area contributed by atoms with E-state index in [1.165, 1.54) is 18.2 Å². The summed E-state index contributed by atoms with van der Waals surface area (Å²) in [6.07, 6.45) is 0.703. The van der Waals surface area contributed by atoms with Crippen LogP contribution >= 0.6 is 0 Å². The maximum atomic E-state index is 12.9. The van der Waals surface area contributed by atoms with Crippen LogP contribution in [0.2, 0.25) is 0 Å². The molecule has 1 rings (SSSR count). The SMILES string of the molecule is CCC(CNC(=O)c1ccc(F)cc1C)CC(=O)O. The summed E-state index contributed by atoms with van der Waals surface area (Å²) in [5.74, 6) is -1.66. The highest BCUT2D eigenvalue weighted by Gasteiger charge is 2.14. The Morgan fingerprint density at radius 3 is 2.63 bits per heavy atom. The highest BCUT2D eigenvalue weighted by molar-refractivity contribution is 5.95. The van der Waals surface area contributed by atoms with E-state index in [2.05, 4.69) is 5.32 Å². The van der Waals surface area contributed by atoms with Crippen LogP contribution in [0.15, 0.2) is 18.2 Å². The molecule has 1 amide bonds. The average Bonchev–Trinajstić information content (AvgIpc) is 2.33. The van der Waals surface area contributed by atoms with Crippen molar-refractivity contribution >= 4 is 11.9 Å². The number of nitrogens with one attached hydrogen (secondary N) is 1. The van der Waals surface area contributed by atoms with E-state index in [1.807, 2.05) is 6.92 Å². The Kier molecular flexibility index (Phi) is 5.48. The topological polar surface area (TPSA) is 66.4 Å². The molecule has 0 spiro atoms. The lowest BCUT2D eigenvalue weighted by Crippen LogP contribution is -2.30. The van der Waals surface area contributed by atoms with E-state index >= 15 is 0 Å². The summed E-state index contributed by atoms with van der Waals surface area (Å²) in [5.41, 5.74) is 0.968. The zero-order valence-corrected chi connectivity index (χ0v) is 11.1. The standard InChI is InChI=1S/C14H18FNO3/c1-3-10(7-13(17)18)8-16-14(19)12-5-4-11(15)6-9(12)2/h4-6,10H,3,7-8H2,1-2H3,(H,16,19)(H,17,18). The normalized spacial score (nSPS) is 11.9. The Balaban J connectivity index is 2.61. The monoisotopic (exact) mass is 267 g/mol. The molecule has 0 saturated carbocycles. The van der Waals surface area contributed by atoms with Crippen molar-refractivity contribution in [1.29, 1.82) is 0 Å². The molecular weight excluding hydrogens is 249 g/mol. The molecule has 0 radical (unpaired) electrons. The number of amides is 1. The molecule has 19 heavy (non-hydrogen) atoms. The van der Waals surface area contributed by atoms with Gasteiger partial charge in [-0.05, 0) is 36.6 Å². The van der Waals surface area contributed by atoms with Crippen LogP contribution in [0.25, 0.3) is 0 Å². The van der Waals surface area contributed by atoms with Crippen molar-refractivity contribution in [3.05, 3.63) is 35.1 Å². The predicted molar refractivity (Wildman–Crippen MR) is 69.5 cm³/mol. The van der Waals surface area contributed by atoms with Gasteiger partial charge in [0.15, 0.2) is 0 Å². The quantitative estimate of drug-likeness (QED) is 0.831. The summed E-state index contributed by atoms with van der Waals surface area (Å²) in [7, 11) is 0. The third-order valence-electron chi connectivity index (χ3n) is 3.03. The van der Waals surface area contributed by atoms with E-state index in [-0.39, 0.29) is 24.1 Å². The Bertz CT molecular complexity index is 474. The van der Waals surface area contributed by atoms with E-state index in [0.29, 0.717) is 24.1 Å². The van der Waals surface area contributed by atoms with Crippen molar-refractivity contribution in [1.82, 2.24) is 5.32 Å². The van der Waals surface area contributed by atoms with Crippen LogP contribution in [-0.2, 0) is 4.79 Å². The summed E-state index contributed by atoms with van der Waals surface area (Å²) in [6.45, 7) is 3.84. The lowest BCUT2D eigenvalue weighted by Gasteiger charge is -2.14. The molecule has 0 saturated heterocycles. The number of carboxylic acids is 1. The Labute approximate surface area is 111 Å². The second kappa shape index (κ2) is 6.87. The van der Waals surface area contributed by atoms with Crippen molar-refractivity contribution in [3.8, 4) is 0 Å². The Morgan fingerprint density at radius 2 is 2.11 bits per heavy atom. The molecule has 0 fully saturated rings. The molecule has 1 atom stereocenters. The van der Waals surface area contributed by atoms with E-state index in [1.54, 1.807) is 6.92 Å². The smallest absolute Gasteiger partial charge is 0.303 e. The van der Waals surface area contributed by atoms with E-state index in [9.17, 15) is 14.0 Å². The first-order chi connectivity index (χ1) is 8.93. The maximum Gasteiger partial charge on any atom is 0.303 e. The minimum Gasteiger partial charge on any atom is -0.481 e. The van der Waals surface area contributed by atoms with Gasteiger partial charge in [-0.3, -0.25) is 9.59 Å². The highest BCUT2D eigenvalue weighted by atomic mass is 19.1. The molecule has 0 aliphatic heterocycles. The summed E-state index contributed by atoms with van der Waals surface area (Å²) < 4.78 is 12.9. The lowest BCUT2D eigenvalue weighted by atomic mass is 10.0. The minimum atomic E-state index is -0.876. The van der Waals surface area contributed by atoms with Gasteiger partial charge < -0.3 is 10.4 Å². The zero-order chi connectivity index (χ0) is 14.4. The highest BCUT2D eigenvalue weighted by Crippen LogP contribution is 2.11. The fourth-order valence-electron chi connectivity index (χ4n) is 1.82. The number of aryl methyl sites for hydroxylation is 1. The molecule has 0 heterocycles. The Morgan fingerprint density at radius 1 is 1.42 bits per heavy atom. The molecule has 0 aliphatic carbocycles. The van der Waals surface area contributed by atoms with Gasteiger partial charge in [-0.1, -0.05) is 13.3 Å². The first-order valence-corrected chi connectivity index (χ1v) is 6.20. The summed E-state index contributed by atoms with van der Waals surface area (Å²) >= 11 is 0. The number of benzene rings is 1. The van der Waals surface area contributed by atoms with Gasteiger partial charge in [0.2, 0.25) is 0 Å². The van der Waals surface area contributed by atoms with Gasteiger partial charge in [0.05, 0.1) is 0 Å². The van der Waals surface area contributed by atoms with Crippen LogP contribution in [0, 0.1) is 18.7 Å². The van der Waals surface area contributed by atoms with Gasteiger partial charge in [0.25, 0.3) is 5.91 Å². The van der Waals surface area contributed by atoms with Crippen LogP contribution in [0.4, 0.5) is 4.39 Å². The van der Waals surface area contributed by atoms with Crippen molar-refractivity contribution in [2.24, 2.45) is 5.92 Å². The van der Waals surface area contributed by atoms with E-state index < -0.39 is 5.97 Å². The third-order valence-corrected chi connectivity index (χ3v) is 3.03. The summed E-state index contributed by atoms with van der Waals surface area (Å²) in [5, 5.41) is 11.4. The third kappa shape index (κ3) is 4.69. The van der Waals surface area contributed by atoms with Gasteiger partial charge in [-0.25, -0.2) is 4.39 Å². The van der Waals surface area contributed by atoms with Crippen molar-refractivity contribution < 1.29 is 19.1 Å². The fraction of sp³-hybridized carbons (Fsp3) is 0.429. The molecule has 104 valence electrons. The molecule has 1 aromatic carbocycles. The molecule has 1 aromatic rings. The molecule has 0 aromatic heterocycles. The molecule has 0 bridgehead atoms. The molecule has 0 aliphatic rings. The summed E-state index contributed by atoms with van der Waals surface area (Å²) in [4.78, 5) is 22.5. The molecule has 1 unspecified atom stereocenters. The second-order valence-electron chi connectivity index (χ2n) is 4.54. The Hall–Kier alpha value is -1.91. The number of carboxylic acid groups (broad SMARTS) is 1. The first-order valence-electron chi connectivity index (χ1n) is 6.20. The fourth-order valence-corrected chi connectivity index (χ4v) is 1.82. The van der Waals surface area contributed by atoms with Gasteiger partial charge in [0.1, 0.15) is 5.82 Å². The number of carbonyl (C=O) groups excluding carboxylic acids is 1. The average molecular weight is 267 g/mol. The molecule has 2 N–H and O–H groups in total. The second-order valence-corrected chi connectivity index (χ2v) is 4.54. The van der Waals surface area contributed by atoms with Crippen LogP contribution in [0.1, 0.15) is 35.7 Å². The van der Waals surface area contributed by atoms with Crippen molar-refractivity contribution in [2.45, 2.75) is 26.7 Å². The van der Waals surface area contributed by atoms with Crippen LogP contribution in [0.5, 0.6) is 0 Å². The molecule has 4 nitrogen and oxygen atoms in total. The van der Waals surface area contributed by atoms with Gasteiger partial charge >= 0.3 is 5.97 Å². The van der Waals surface area contributed by atoms with Crippen LogP contribution in [0.3, 0.4) is 0 Å². The van der Waals surface area contributed by atoms with E-state index in [4.69, 9.17) is 5.11 Å². The van der Waals surface area contributed by atoms with Gasteiger partial charge in [0, 0.05) is 18.5 Å². The number of halogens is 1. The van der Waals surface area contributed by atoms with Crippen LogP contribution < -0.4 is 5.32 Å². The maximum absolute atomic E-state index is 12.9. The largest absolute Gasteiger partial charge is 0.481 e. The van der Waals surface area contributed by atoms with Crippen molar-refractivity contribution in [2.75, 3.05) is 6.54 Å². The molecule has 5 heteroatoms. The number of rotatable bonds is 6. The van der Waals surface area contributed by atoms with Crippen LogP contribution in [-0.4, -0.2) is 23.5 Å². The number of hydrogen-bond acceptors (Lipinski definition) is 2. The van der Waals surface area contributed by atoms with Crippen molar-refractivity contribution in [3.63, 3.8) is 0 Å². The number of carbonyl (C=O) groups is 2. The summed E-state index contributed by atoms with van der Waals surface area (Å²) in [6, 6.07) is 3.96. The number of hydrogen-bond donors (Lipinski definition) is 2. The van der Waals surface area contributed by atoms with Gasteiger partial charge in [-0.15, -0.1) is 0 Å². The number of aliphatic carboxylic acids is 1. The van der Waals surface area contributed by atoms with E-state index in [0.717, 1.165) is 0 Å². The molecular formula is C14H18FNO3. The lowest BCUT2D eigenvalue weighted by molar-refractivity contribution is -0.138. The zero-order valence-electron chi connectivity index (χ0n) is 11.1. The van der Waals surface area contributed by atoms with Gasteiger partial charge in [-0.2, -0.15) is 0 Å². The minimum absolute atomic E-state index is 0.0270.